The first-order chi connectivity index (χ1) is 3.29. The molecule has 1 rings (SSSR count). The van der Waals surface area contributed by atoms with E-state index in [-0.39, 0.29) is 13.6 Å². The van der Waals surface area contributed by atoms with Gasteiger partial charge >= 0.3 is 0 Å². The van der Waals surface area contributed by atoms with Gasteiger partial charge in [0.15, 0.2) is 0 Å². The first-order valence-corrected chi connectivity index (χ1v) is 5.15. The molecule has 0 spiro atoms. The Bertz CT molecular complexity index is 132. The third-order valence-corrected chi connectivity index (χ3v) is 3.57. The molecule has 1 nitrogen and oxygen atoms in total. The van der Waals surface area contributed by atoms with E-state index in [0.717, 1.165) is 0 Å². The van der Waals surface area contributed by atoms with Gasteiger partial charge in [0.2, 0.25) is 5.12 Å². The summed E-state index contributed by atoms with van der Waals surface area (Å²) in [7, 11) is 0.980. The van der Waals surface area contributed by atoms with Crippen LogP contribution in [0.1, 0.15) is 0 Å². The van der Waals surface area contributed by atoms with Gasteiger partial charge in [-0.25, -0.2) is 0 Å². The second-order valence-electron chi connectivity index (χ2n) is 0.966. The van der Waals surface area contributed by atoms with E-state index in [1.807, 2.05) is 0 Å². The van der Waals surface area contributed by atoms with E-state index in [2.05, 4.69) is 0 Å². The molecule has 4 heteroatoms. The molecule has 1 heterocycles. The molecule has 38 valence electrons. The van der Waals surface area contributed by atoms with E-state index in [4.69, 9.17) is 11.2 Å². The Morgan fingerprint density at radius 2 is 2.57 bits per heavy atom. The molecule has 0 amide bonds. The van der Waals surface area contributed by atoms with Gasteiger partial charge in [-0.1, -0.05) is 0 Å². The maximum Gasteiger partial charge on any atom is 0.223 e. The highest BCUT2D eigenvalue weighted by molar-refractivity contribution is 8.88. The smallest absolute Gasteiger partial charge is 0.223 e. The van der Waals surface area contributed by atoms with Gasteiger partial charge in [0.25, 0.3) is 0 Å². The van der Waals surface area contributed by atoms with E-state index >= 15 is 0 Å². The van der Waals surface area contributed by atoms with E-state index in [9.17, 15) is 4.79 Å². The molecular formula is C3H2OS3. The summed E-state index contributed by atoms with van der Waals surface area (Å²) in [6.45, 7) is 0. The van der Waals surface area contributed by atoms with Gasteiger partial charge in [-0.2, -0.15) is 0 Å². The van der Waals surface area contributed by atoms with Crippen molar-refractivity contribution in [3.63, 3.8) is 0 Å². The zero-order valence-electron chi connectivity index (χ0n) is 3.29. The second kappa shape index (κ2) is 2.07. The molecule has 0 saturated carbocycles. The van der Waals surface area contributed by atoms with Crippen LogP contribution >= 0.6 is 10.8 Å². The van der Waals surface area contributed by atoms with Crippen molar-refractivity contribution in [1.82, 2.24) is 0 Å². The maximum absolute atomic E-state index is 10.3. The zero-order valence-corrected chi connectivity index (χ0v) is 5.74. The summed E-state index contributed by atoms with van der Waals surface area (Å²) in [5.74, 6) is 0. The summed E-state index contributed by atoms with van der Waals surface area (Å²) >= 11 is 4.76. The highest BCUT2D eigenvalue weighted by Gasteiger charge is 2.05. The van der Waals surface area contributed by atoms with E-state index in [1.165, 1.54) is 16.9 Å². The quantitative estimate of drug-likeness (QED) is 0.475. The van der Waals surface area contributed by atoms with Crippen molar-refractivity contribution in [2.24, 2.45) is 0 Å². The van der Waals surface area contributed by atoms with Crippen LogP contribution in [0.5, 0.6) is 0 Å². The molecule has 0 radical (unpaired) electrons. The van der Waals surface area contributed by atoms with Crippen molar-refractivity contribution in [2.75, 3.05) is 0 Å². The Morgan fingerprint density at radius 1 is 1.86 bits per heavy atom. The van der Waals surface area contributed by atoms with Crippen LogP contribution in [0.2, 0.25) is 0 Å². The molecular weight excluding hydrogens is 148 g/mol. The normalized spacial score (nSPS) is 29.1. The predicted molar refractivity (Wildman–Crippen MR) is 36.5 cm³/mol. The maximum atomic E-state index is 10.3. The van der Waals surface area contributed by atoms with Crippen molar-refractivity contribution < 1.29 is 4.79 Å². The SMILES string of the molecule is O=C1C=CS(=S)S1. The Hall–Kier alpha value is 0.330. The van der Waals surface area contributed by atoms with E-state index < -0.39 is 0 Å². The Labute approximate surface area is 52.2 Å². The van der Waals surface area contributed by atoms with Crippen molar-refractivity contribution in [3.05, 3.63) is 11.5 Å². The number of hydrogen-bond donors (Lipinski definition) is 0. The topological polar surface area (TPSA) is 17.1 Å². The zero-order chi connectivity index (χ0) is 5.28. The summed E-state index contributed by atoms with van der Waals surface area (Å²) < 4.78 is 0. The van der Waals surface area contributed by atoms with E-state index in [1.54, 1.807) is 5.41 Å². The third-order valence-electron chi connectivity index (χ3n) is 0.480. The molecule has 0 bridgehead atoms. The molecule has 0 fully saturated rings. The summed E-state index contributed by atoms with van der Waals surface area (Å²) in [5.41, 5.74) is 0. The average Bonchev–Trinajstić information content (AvgIpc) is 1.87. The van der Waals surface area contributed by atoms with Crippen molar-refractivity contribution in [3.8, 4) is 0 Å². The monoisotopic (exact) mass is 150 g/mol. The highest BCUT2D eigenvalue weighted by atomic mass is 33.3. The molecule has 0 aliphatic carbocycles. The van der Waals surface area contributed by atoms with Crippen molar-refractivity contribution in [2.45, 2.75) is 0 Å². The highest BCUT2D eigenvalue weighted by Crippen LogP contribution is 2.17. The number of carbonyl (C=O) groups excluding carboxylic acids is 1. The fourth-order valence-corrected chi connectivity index (χ4v) is 2.67. The minimum atomic E-state index is -0.233. The Kier molecular flexibility index (Phi) is 1.61. The molecule has 1 aliphatic heterocycles. The molecule has 0 aromatic heterocycles. The van der Waals surface area contributed by atoms with Crippen LogP contribution in [0.4, 0.5) is 0 Å². The molecule has 0 aromatic rings. The van der Waals surface area contributed by atoms with Gasteiger partial charge in [-0.05, 0) is 35.9 Å². The molecule has 0 N–H and O–H groups in total. The van der Waals surface area contributed by atoms with Crippen LogP contribution in [-0.2, 0) is 24.5 Å². The van der Waals surface area contributed by atoms with Crippen LogP contribution in [-0.4, -0.2) is 5.12 Å². The summed E-state index contributed by atoms with van der Waals surface area (Å²) in [6.07, 6.45) is 1.53. The predicted octanol–water partition coefficient (Wildman–Crippen LogP) is 0.769. The molecule has 0 saturated heterocycles. The first kappa shape index (κ1) is 5.47. The van der Waals surface area contributed by atoms with Crippen LogP contribution in [0.3, 0.4) is 0 Å². The second-order valence-corrected chi connectivity index (χ2v) is 5.62. The van der Waals surface area contributed by atoms with Crippen LogP contribution in [0, 0.1) is 0 Å². The molecule has 1 atom stereocenters. The molecule has 0 aromatic carbocycles. The lowest BCUT2D eigenvalue weighted by molar-refractivity contribution is -0.106. The van der Waals surface area contributed by atoms with Crippen molar-refractivity contribution in [1.29, 1.82) is 0 Å². The Morgan fingerprint density at radius 3 is 2.71 bits per heavy atom. The molecule has 7 heavy (non-hydrogen) atoms. The summed E-state index contributed by atoms with van der Waals surface area (Å²) in [5, 5.41) is 1.85. The van der Waals surface area contributed by atoms with Crippen LogP contribution in [0.25, 0.3) is 0 Å². The average molecular weight is 150 g/mol. The number of rotatable bonds is 0. The van der Waals surface area contributed by atoms with Gasteiger partial charge in [0.05, 0.1) is 0 Å². The van der Waals surface area contributed by atoms with Gasteiger partial charge in [-0.3, -0.25) is 4.79 Å². The first-order valence-electron chi connectivity index (χ1n) is 1.60. The lowest BCUT2D eigenvalue weighted by Crippen LogP contribution is -1.73. The number of hydrogen-bond acceptors (Lipinski definition) is 3. The summed E-state index contributed by atoms with van der Waals surface area (Å²) in [4.78, 5) is 10.3. The van der Waals surface area contributed by atoms with Crippen molar-refractivity contribution >= 4 is 35.6 Å². The Balaban J connectivity index is 2.76. The molecule has 1 unspecified atom stereocenters. The minimum Gasteiger partial charge on any atom is -0.281 e. The molecule has 1 aliphatic rings. The van der Waals surface area contributed by atoms with Crippen LogP contribution < -0.4 is 0 Å². The number of carbonyl (C=O) groups is 1. The van der Waals surface area contributed by atoms with E-state index in [0.29, 0.717) is 0 Å². The minimum absolute atomic E-state index is 0.0957. The largest absolute Gasteiger partial charge is 0.281 e. The standard InChI is InChI=1S/C3H2OS3/c4-3-1-2-7(5)6-3/h1-2H. The van der Waals surface area contributed by atoms with Gasteiger partial charge < -0.3 is 0 Å². The fourth-order valence-electron chi connectivity index (χ4n) is 0.248. The lowest BCUT2D eigenvalue weighted by atomic mass is 10.7. The van der Waals surface area contributed by atoms with Gasteiger partial charge in [0, 0.05) is 6.08 Å². The van der Waals surface area contributed by atoms with Gasteiger partial charge in [-0.15, -0.1) is 0 Å². The summed E-state index contributed by atoms with van der Waals surface area (Å²) in [6, 6.07) is 0. The van der Waals surface area contributed by atoms with Crippen LogP contribution in [0.15, 0.2) is 11.5 Å². The third kappa shape index (κ3) is 1.36. The van der Waals surface area contributed by atoms with Gasteiger partial charge in [0.1, 0.15) is 0 Å². The lowest BCUT2D eigenvalue weighted by Gasteiger charge is -1.77. The fraction of sp³-hybridized carbons (Fsp3) is 0.